The van der Waals surface area contributed by atoms with Crippen LogP contribution in [-0.2, 0) is 20.9 Å². The first kappa shape index (κ1) is 29.2. The van der Waals surface area contributed by atoms with Crippen LogP contribution in [0.4, 0.5) is 13.6 Å². The van der Waals surface area contributed by atoms with Crippen molar-refractivity contribution in [2.24, 2.45) is 5.92 Å². The summed E-state index contributed by atoms with van der Waals surface area (Å²) < 4.78 is 34.7. The lowest BCUT2D eigenvalue weighted by molar-refractivity contribution is -0.171. The van der Waals surface area contributed by atoms with Gasteiger partial charge in [-0.3, -0.25) is 9.69 Å². The number of amides is 2. The number of carbonyl (C=O) groups excluding carboxylic acids is 2. The Morgan fingerprint density at radius 3 is 2.07 bits per heavy atom. The number of carboxylic acids is 1. The van der Waals surface area contributed by atoms with Crippen LogP contribution < -0.4 is 10.6 Å². The molecule has 0 bridgehead atoms. The summed E-state index contributed by atoms with van der Waals surface area (Å²) in [6.45, 7) is 0.408. The van der Waals surface area contributed by atoms with Crippen LogP contribution in [0.25, 0.3) is 11.1 Å². The van der Waals surface area contributed by atoms with Crippen molar-refractivity contribution in [3.63, 3.8) is 0 Å². The Morgan fingerprint density at radius 1 is 0.929 bits per heavy atom. The quantitative estimate of drug-likeness (QED) is 0.290. The topological polar surface area (TPSA) is 108 Å². The van der Waals surface area contributed by atoms with Crippen molar-refractivity contribution in [1.82, 2.24) is 15.5 Å². The number of hydrogen-bond donors (Lipinski definition) is 3. The molecule has 42 heavy (non-hydrogen) atoms. The number of hydrogen-bond acceptors (Lipinski definition) is 5. The second kappa shape index (κ2) is 12.3. The summed E-state index contributed by atoms with van der Waals surface area (Å²) in [4.78, 5) is 39.4. The zero-order chi connectivity index (χ0) is 29.9. The number of rotatable bonds is 12. The van der Waals surface area contributed by atoms with Crippen LogP contribution in [0.15, 0.2) is 78.9 Å². The Bertz CT molecular complexity index is 1400. The summed E-state index contributed by atoms with van der Waals surface area (Å²) in [7, 11) is 1.73. The van der Waals surface area contributed by atoms with Gasteiger partial charge in [-0.2, -0.15) is 8.78 Å². The average molecular weight is 578 g/mol. The summed E-state index contributed by atoms with van der Waals surface area (Å²) in [6, 6.07) is 22.0. The molecule has 220 valence electrons. The summed E-state index contributed by atoms with van der Waals surface area (Å²) in [5.41, 5.74) is 5.12. The molecule has 2 amide bonds. The highest BCUT2D eigenvalue weighted by molar-refractivity contribution is 5.87. The molecular formula is C32H33F2N3O5. The van der Waals surface area contributed by atoms with E-state index in [1.165, 1.54) is 0 Å². The third-order valence-electron chi connectivity index (χ3n) is 7.81. The predicted octanol–water partition coefficient (Wildman–Crippen LogP) is 4.64. The predicted molar refractivity (Wildman–Crippen MR) is 152 cm³/mol. The van der Waals surface area contributed by atoms with Crippen molar-refractivity contribution < 1.29 is 33.0 Å². The van der Waals surface area contributed by atoms with Gasteiger partial charge in [0.05, 0.1) is 0 Å². The molecule has 3 aromatic carbocycles. The Labute approximate surface area is 242 Å². The maximum atomic E-state index is 14.5. The number of alkyl carbamates (subject to hydrolysis) is 1. The van der Waals surface area contributed by atoms with E-state index >= 15 is 0 Å². The minimum absolute atomic E-state index is 0.00976. The Balaban J connectivity index is 1.29. The van der Waals surface area contributed by atoms with Crippen molar-refractivity contribution in [3.8, 4) is 11.1 Å². The van der Waals surface area contributed by atoms with E-state index in [0.29, 0.717) is 19.4 Å². The average Bonchev–Trinajstić information content (AvgIpc) is 3.76. The SMILES string of the molecule is CN(Cc1ccccc1)CC(NC(=O)OCC1c2ccccc2-c2ccccc21)C(=O)NC(C1CC1)C(F)(F)C(=O)O. The van der Waals surface area contributed by atoms with Crippen LogP contribution in [0.1, 0.15) is 35.4 Å². The standard InChI is InChI=1S/C32H33F2N3O5/c1-37(17-20-9-3-2-4-10-20)18-27(29(38)36-28(21-15-16-21)32(33,34)30(39)40)35-31(41)42-19-26-24-13-7-5-11-22(24)23-12-6-8-14-25(23)26/h2-14,21,26-28H,15-19H2,1H3,(H,35,41)(H,36,38)(H,39,40). The number of fused-ring (bicyclic) bond motifs is 3. The summed E-state index contributed by atoms with van der Waals surface area (Å²) in [5, 5.41) is 13.9. The molecule has 2 aliphatic carbocycles. The Kier molecular flexibility index (Phi) is 8.54. The molecule has 1 fully saturated rings. The smallest absolute Gasteiger partial charge is 0.407 e. The van der Waals surface area contributed by atoms with E-state index in [1.54, 1.807) is 11.9 Å². The number of halogens is 2. The minimum Gasteiger partial charge on any atom is -0.477 e. The number of carbonyl (C=O) groups is 3. The number of nitrogens with one attached hydrogen (secondary N) is 2. The van der Waals surface area contributed by atoms with Crippen LogP contribution in [0.5, 0.6) is 0 Å². The Hall–Kier alpha value is -4.31. The molecule has 3 aromatic rings. The fraction of sp³-hybridized carbons (Fsp3) is 0.344. The van der Waals surface area contributed by atoms with E-state index in [2.05, 4.69) is 10.6 Å². The fourth-order valence-electron chi connectivity index (χ4n) is 5.57. The molecule has 2 atom stereocenters. The van der Waals surface area contributed by atoms with Gasteiger partial charge >= 0.3 is 18.0 Å². The highest BCUT2D eigenvalue weighted by Gasteiger charge is 2.55. The zero-order valence-electron chi connectivity index (χ0n) is 23.1. The van der Waals surface area contributed by atoms with Gasteiger partial charge < -0.3 is 20.5 Å². The lowest BCUT2D eigenvalue weighted by atomic mass is 9.98. The number of carboxylic acid groups (broad SMARTS) is 1. The van der Waals surface area contributed by atoms with Crippen LogP contribution in [0.3, 0.4) is 0 Å². The van der Waals surface area contributed by atoms with E-state index in [1.807, 2.05) is 78.9 Å². The van der Waals surface area contributed by atoms with Gasteiger partial charge in [-0.15, -0.1) is 0 Å². The van der Waals surface area contributed by atoms with Crippen molar-refractivity contribution >= 4 is 18.0 Å². The molecule has 0 spiro atoms. The molecule has 0 aliphatic heterocycles. The van der Waals surface area contributed by atoms with E-state index < -0.39 is 41.9 Å². The van der Waals surface area contributed by atoms with Crippen LogP contribution in [0.2, 0.25) is 0 Å². The second-order valence-corrected chi connectivity index (χ2v) is 11.0. The summed E-state index contributed by atoms with van der Waals surface area (Å²) in [5.74, 6) is -8.22. The van der Waals surface area contributed by atoms with Gasteiger partial charge in [0.1, 0.15) is 18.7 Å². The molecule has 5 rings (SSSR count). The lowest BCUT2D eigenvalue weighted by Crippen LogP contribution is -2.59. The van der Waals surface area contributed by atoms with Crippen molar-refractivity contribution in [3.05, 3.63) is 95.6 Å². The van der Waals surface area contributed by atoms with Crippen molar-refractivity contribution in [2.45, 2.75) is 43.3 Å². The van der Waals surface area contributed by atoms with Gasteiger partial charge in [0.2, 0.25) is 5.91 Å². The monoisotopic (exact) mass is 577 g/mol. The number of aliphatic carboxylic acids is 1. The first-order chi connectivity index (χ1) is 20.1. The fourth-order valence-corrected chi connectivity index (χ4v) is 5.57. The maximum Gasteiger partial charge on any atom is 0.407 e. The van der Waals surface area contributed by atoms with E-state index in [4.69, 9.17) is 9.84 Å². The van der Waals surface area contributed by atoms with Gasteiger partial charge in [-0.1, -0.05) is 78.9 Å². The maximum absolute atomic E-state index is 14.5. The molecule has 8 nitrogen and oxygen atoms in total. The molecule has 3 N–H and O–H groups in total. The number of nitrogens with zero attached hydrogens (tertiary/aromatic N) is 1. The van der Waals surface area contributed by atoms with Crippen LogP contribution in [0, 0.1) is 5.92 Å². The number of ether oxygens (including phenoxy) is 1. The van der Waals surface area contributed by atoms with Crippen LogP contribution >= 0.6 is 0 Å². The van der Waals surface area contributed by atoms with Crippen LogP contribution in [-0.4, -0.2) is 66.2 Å². The molecule has 0 aromatic heterocycles. The number of likely N-dealkylation sites (N-methyl/N-ethyl adjacent to an activating group) is 1. The van der Waals surface area contributed by atoms with Gasteiger partial charge in [-0.05, 0) is 53.6 Å². The van der Waals surface area contributed by atoms with Crippen molar-refractivity contribution in [1.29, 1.82) is 0 Å². The zero-order valence-corrected chi connectivity index (χ0v) is 23.1. The largest absolute Gasteiger partial charge is 0.477 e. The lowest BCUT2D eigenvalue weighted by Gasteiger charge is -2.29. The molecule has 1 saturated carbocycles. The molecule has 10 heteroatoms. The van der Waals surface area contributed by atoms with E-state index in [-0.39, 0.29) is 19.1 Å². The Morgan fingerprint density at radius 2 is 1.50 bits per heavy atom. The van der Waals surface area contributed by atoms with Crippen molar-refractivity contribution in [2.75, 3.05) is 20.2 Å². The van der Waals surface area contributed by atoms with Gasteiger partial charge in [-0.25, -0.2) is 9.59 Å². The molecule has 2 unspecified atom stereocenters. The first-order valence-corrected chi connectivity index (χ1v) is 13.9. The highest BCUT2D eigenvalue weighted by Crippen LogP contribution is 2.44. The third-order valence-corrected chi connectivity index (χ3v) is 7.81. The van der Waals surface area contributed by atoms with Gasteiger partial charge in [0.15, 0.2) is 0 Å². The molecule has 0 saturated heterocycles. The molecule has 0 radical (unpaired) electrons. The number of alkyl halides is 2. The molecule has 2 aliphatic rings. The number of benzene rings is 3. The van der Waals surface area contributed by atoms with Gasteiger partial charge in [0.25, 0.3) is 0 Å². The molecular weight excluding hydrogens is 544 g/mol. The van der Waals surface area contributed by atoms with E-state index in [0.717, 1.165) is 27.8 Å². The van der Waals surface area contributed by atoms with Gasteiger partial charge in [0, 0.05) is 19.0 Å². The second-order valence-electron chi connectivity index (χ2n) is 11.0. The van der Waals surface area contributed by atoms with E-state index in [9.17, 15) is 23.2 Å². The highest BCUT2D eigenvalue weighted by atomic mass is 19.3. The third kappa shape index (κ3) is 6.44. The summed E-state index contributed by atoms with van der Waals surface area (Å²) in [6.07, 6.45) is -0.114. The normalized spacial score (nSPS) is 15.8. The minimum atomic E-state index is -4.15. The molecule has 0 heterocycles. The summed E-state index contributed by atoms with van der Waals surface area (Å²) >= 11 is 0. The first-order valence-electron chi connectivity index (χ1n) is 13.9.